The van der Waals surface area contributed by atoms with Crippen LogP contribution in [0.4, 0.5) is 0 Å². The summed E-state index contributed by atoms with van der Waals surface area (Å²) in [6, 6.07) is 7.39. The third kappa shape index (κ3) is 2.41. The highest BCUT2D eigenvalue weighted by Gasteiger charge is 2.24. The average molecular weight is 272 g/mol. The molecule has 1 aromatic carbocycles. The molecule has 1 saturated carbocycles. The van der Waals surface area contributed by atoms with Gasteiger partial charge in [0.15, 0.2) is 5.82 Å². The van der Waals surface area contributed by atoms with Gasteiger partial charge in [-0.3, -0.25) is 4.79 Å². The molecule has 1 heterocycles. The minimum Gasteiger partial charge on any atom is -0.481 e. The molecule has 0 atom stereocenters. The van der Waals surface area contributed by atoms with E-state index in [0.29, 0.717) is 5.92 Å². The van der Waals surface area contributed by atoms with Crippen LogP contribution in [0.25, 0.3) is 5.69 Å². The second-order valence-corrected chi connectivity index (χ2v) is 5.13. The van der Waals surface area contributed by atoms with Crippen molar-refractivity contribution in [3.63, 3.8) is 0 Å². The van der Waals surface area contributed by atoms with Gasteiger partial charge in [0.05, 0.1) is 12.1 Å². The van der Waals surface area contributed by atoms with E-state index in [1.807, 2.05) is 24.3 Å². The highest BCUT2D eigenvalue weighted by atomic mass is 16.4. The topological polar surface area (TPSA) is 80.9 Å². The summed E-state index contributed by atoms with van der Waals surface area (Å²) < 4.78 is 1.70. The predicted octanol–water partition coefficient (Wildman–Crippen LogP) is 1.95. The van der Waals surface area contributed by atoms with E-state index in [1.165, 1.54) is 12.8 Å². The zero-order valence-corrected chi connectivity index (χ0v) is 11.1. The Bertz CT molecular complexity index is 617. The molecule has 20 heavy (non-hydrogen) atoms. The van der Waals surface area contributed by atoms with Crippen molar-refractivity contribution in [3.05, 3.63) is 35.7 Å². The van der Waals surface area contributed by atoms with Crippen LogP contribution in [0.3, 0.4) is 0 Å². The van der Waals surface area contributed by atoms with E-state index >= 15 is 0 Å². The Morgan fingerprint density at radius 1 is 1.30 bits per heavy atom. The normalized spacial score (nSPS) is 15.6. The van der Waals surface area contributed by atoms with Crippen LogP contribution in [0.2, 0.25) is 0 Å². The van der Waals surface area contributed by atoms with Gasteiger partial charge in [-0.15, -0.1) is 5.10 Å². The SMILES string of the molecule is O=C(O)Cc1ccccc1-n1nnnc1C1CCCC1. The van der Waals surface area contributed by atoms with Gasteiger partial charge >= 0.3 is 5.97 Å². The van der Waals surface area contributed by atoms with Gasteiger partial charge in [0.2, 0.25) is 0 Å². The predicted molar refractivity (Wildman–Crippen MR) is 71.7 cm³/mol. The fraction of sp³-hybridized carbons (Fsp3) is 0.429. The number of benzene rings is 1. The molecular formula is C14H16N4O2. The van der Waals surface area contributed by atoms with E-state index in [-0.39, 0.29) is 6.42 Å². The number of para-hydroxylation sites is 1. The molecule has 0 aliphatic heterocycles. The van der Waals surface area contributed by atoms with E-state index in [1.54, 1.807) is 4.68 Å². The van der Waals surface area contributed by atoms with Crippen LogP contribution in [0, 0.1) is 0 Å². The summed E-state index contributed by atoms with van der Waals surface area (Å²) in [5.74, 6) is 0.371. The minimum absolute atomic E-state index is 0.0276. The number of aliphatic carboxylic acids is 1. The Morgan fingerprint density at radius 2 is 2.05 bits per heavy atom. The Hall–Kier alpha value is -2.24. The van der Waals surface area contributed by atoms with Crippen molar-refractivity contribution < 1.29 is 9.90 Å². The van der Waals surface area contributed by atoms with Gasteiger partial charge in [-0.25, -0.2) is 0 Å². The number of hydrogen-bond donors (Lipinski definition) is 1. The largest absolute Gasteiger partial charge is 0.481 e. The number of tetrazole rings is 1. The van der Waals surface area contributed by atoms with Gasteiger partial charge in [-0.2, -0.15) is 4.68 Å². The molecule has 1 fully saturated rings. The Kier molecular flexibility index (Phi) is 3.45. The third-order valence-electron chi connectivity index (χ3n) is 3.78. The van der Waals surface area contributed by atoms with Crippen molar-refractivity contribution in [1.29, 1.82) is 0 Å². The van der Waals surface area contributed by atoms with Crippen molar-refractivity contribution in [2.75, 3.05) is 0 Å². The Balaban J connectivity index is 2.01. The molecule has 0 saturated heterocycles. The standard InChI is InChI=1S/C14H16N4O2/c19-13(20)9-11-7-3-4-8-12(11)18-14(15-16-17-18)10-5-1-2-6-10/h3-4,7-8,10H,1-2,5-6,9H2,(H,19,20). The summed E-state index contributed by atoms with van der Waals surface area (Å²) >= 11 is 0. The molecule has 0 bridgehead atoms. The lowest BCUT2D eigenvalue weighted by Crippen LogP contribution is -2.11. The second-order valence-electron chi connectivity index (χ2n) is 5.13. The lowest BCUT2D eigenvalue weighted by molar-refractivity contribution is -0.136. The molecule has 104 valence electrons. The number of carbonyl (C=O) groups is 1. The maximum absolute atomic E-state index is 11.0. The van der Waals surface area contributed by atoms with Crippen LogP contribution in [0.1, 0.15) is 43.0 Å². The van der Waals surface area contributed by atoms with Gasteiger partial charge in [0, 0.05) is 5.92 Å². The molecule has 1 aliphatic rings. The summed E-state index contributed by atoms with van der Waals surface area (Å²) in [5, 5.41) is 21.0. The maximum Gasteiger partial charge on any atom is 0.307 e. The van der Waals surface area contributed by atoms with Gasteiger partial charge in [-0.05, 0) is 34.9 Å². The second kappa shape index (κ2) is 5.40. The highest BCUT2D eigenvalue weighted by Crippen LogP contribution is 2.33. The number of carboxylic acids is 1. The zero-order valence-electron chi connectivity index (χ0n) is 11.1. The minimum atomic E-state index is -0.854. The highest BCUT2D eigenvalue weighted by molar-refractivity contribution is 5.71. The first kappa shape index (κ1) is 12.8. The summed E-state index contributed by atoms with van der Waals surface area (Å²) in [7, 11) is 0. The molecule has 1 N–H and O–H groups in total. The van der Waals surface area contributed by atoms with Gasteiger partial charge in [0.1, 0.15) is 0 Å². The van der Waals surface area contributed by atoms with E-state index < -0.39 is 5.97 Å². The summed E-state index contributed by atoms with van der Waals surface area (Å²) in [4.78, 5) is 11.0. The number of aromatic nitrogens is 4. The van der Waals surface area contributed by atoms with Crippen LogP contribution in [0.15, 0.2) is 24.3 Å². The van der Waals surface area contributed by atoms with Gasteiger partial charge in [0.25, 0.3) is 0 Å². The smallest absolute Gasteiger partial charge is 0.307 e. The van der Waals surface area contributed by atoms with Crippen LogP contribution >= 0.6 is 0 Å². The summed E-state index contributed by atoms with van der Waals surface area (Å²) in [5.41, 5.74) is 1.49. The van der Waals surface area contributed by atoms with Crippen molar-refractivity contribution in [1.82, 2.24) is 20.2 Å². The molecule has 1 aliphatic carbocycles. The van der Waals surface area contributed by atoms with Crippen LogP contribution in [-0.4, -0.2) is 31.3 Å². The molecule has 2 aromatic rings. The van der Waals surface area contributed by atoms with Crippen molar-refractivity contribution >= 4 is 5.97 Å². The number of hydrogen-bond acceptors (Lipinski definition) is 4. The zero-order chi connectivity index (χ0) is 13.9. The Labute approximate surface area is 116 Å². The fourth-order valence-electron chi connectivity index (χ4n) is 2.83. The van der Waals surface area contributed by atoms with Crippen molar-refractivity contribution in [2.24, 2.45) is 0 Å². The molecule has 6 nitrogen and oxygen atoms in total. The molecule has 0 unspecified atom stereocenters. The molecule has 3 rings (SSSR count). The number of rotatable bonds is 4. The lowest BCUT2D eigenvalue weighted by Gasteiger charge is -2.12. The maximum atomic E-state index is 11.0. The van der Waals surface area contributed by atoms with Gasteiger partial charge in [-0.1, -0.05) is 31.0 Å². The van der Waals surface area contributed by atoms with Crippen LogP contribution < -0.4 is 0 Å². The van der Waals surface area contributed by atoms with E-state index in [4.69, 9.17) is 5.11 Å². The monoisotopic (exact) mass is 272 g/mol. The van der Waals surface area contributed by atoms with Crippen LogP contribution in [0.5, 0.6) is 0 Å². The Morgan fingerprint density at radius 3 is 2.80 bits per heavy atom. The fourth-order valence-corrected chi connectivity index (χ4v) is 2.83. The van der Waals surface area contributed by atoms with Crippen molar-refractivity contribution in [2.45, 2.75) is 38.0 Å². The van der Waals surface area contributed by atoms with E-state index in [9.17, 15) is 4.79 Å². The van der Waals surface area contributed by atoms with Crippen LogP contribution in [-0.2, 0) is 11.2 Å². The summed E-state index contributed by atoms with van der Waals surface area (Å²) in [6.45, 7) is 0. The lowest BCUT2D eigenvalue weighted by atomic mass is 10.1. The molecular weight excluding hydrogens is 256 g/mol. The van der Waals surface area contributed by atoms with Gasteiger partial charge < -0.3 is 5.11 Å². The first-order valence-corrected chi connectivity index (χ1v) is 6.84. The molecule has 6 heteroatoms. The first-order valence-electron chi connectivity index (χ1n) is 6.84. The third-order valence-corrected chi connectivity index (χ3v) is 3.78. The van der Waals surface area contributed by atoms with E-state index in [0.717, 1.165) is 29.9 Å². The number of nitrogens with zero attached hydrogens (tertiary/aromatic N) is 4. The van der Waals surface area contributed by atoms with E-state index in [2.05, 4.69) is 15.5 Å². The molecule has 0 spiro atoms. The first-order chi connectivity index (χ1) is 9.75. The van der Waals surface area contributed by atoms with Crippen molar-refractivity contribution in [3.8, 4) is 5.69 Å². The average Bonchev–Trinajstić information content (AvgIpc) is 3.09. The molecule has 0 amide bonds. The molecule has 0 radical (unpaired) electrons. The molecule has 1 aromatic heterocycles. The number of carboxylic acid groups (broad SMARTS) is 1. The summed E-state index contributed by atoms with van der Waals surface area (Å²) in [6.07, 6.45) is 4.58. The quantitative estimate of drug-likeness (QED) is 0.920.